The molecule has 2 aromatic carbocycles. The molecule has 0 aliphatic rings. The van der Waals surface area contributed by atoms with Crippen LogP contribution < -0.4 is 0 Å². The summed E-state index contributed by atoms with van der Waals surface area (Å²) in [4.78, 5) is 0. The lowest BCUT2D eigenvalue weighted by atomic mass is 9.90. The van der Waals surface area contributed by atoms with E-state index in [1.165, 1.54) is 16.7 Å². The molecule has 0 aliphatic heterocycles. The molecule has 0 spiro atoms. The molecule has 1 unspecified atom stereocenters. The van der Waals surface area contributed by atoms with Crippen LogP contribution in [0.25, 0.3) is 6.08 Å². The summed E-state index contributed by atoms with van der Waals surface area (Å²) in [5.41, 5.74) is 3.90. The zero-order valence-corrected chi connectivity index (χ0v) is 9.56. The zero-order chi connectivity index (χ0) is 11.4. The predicted molar refractivity (Wildman–Crippen MR) is 70.5 cm³/mol. The van der Waals surface area contributed by atoms with Crippen molar-refractivity contribution in [3.8, 4) is 0 Å². The average molecular weight is 208 g/mol. The maximum absolute atomic E-state index is 3.87. The summed E-state index contributed by atoms with van der Waals surface area (Å²) in [6.07, 6.45) is 1.93. The van der Waals surface area contributed by atoms with E-state index >= 15 is 0 Å². The van der Waals surface area contributed by atoms with Crippen molar-refractivity contribution >= 4 is 6.08 Å². The van der Waals surface area contributed by atoms with Crippen LogP contribution in [-0.4, -0.2) is 0 Å². The molecular weight excluding hydrogens is 192 g/mol. The number of rotatable bonds is 3. The Bertz CT molecular complexity index is 468. The molecule has 2 aromatic rings. The average Bonchev–Trinajstić information content (AvgIpc) is 2.39. The second-order valence-electron chi connectivity index (χ2n) is 3.97. The van der Waals surface area contributed by atoms with Gasteiger partial charge in [-0.3, -0.25) is 0 Å². The lowest BCUT2D eigenvalue weighted by molar-refractivity contribution is 0.919. The van der Waals surface area contributed by atoms with Crippen molar-refractivity contribution in [1.82, 2.24) is 0 Å². The molecule has 0 aliphatic carbocycles. The van der Waals surface area contributed by atoms with Crippen molar-refractivity contribution < 1.29 is 0 Å². The van der Waals surface area contributed by atoms with Crippen molar-refractivity contribution in [3.63, 3.8) is 0 Å². The lowest BCUT2D eigenvalue weighted by Crippen LogP contribution is -1.97. The second-order valence-corrected chi connectivity index (χ2v) is 3.97. The van der Waals surface area contributed by atoms with Crippen LogP contribution in [0.5, 0.6) is 0 Å². The van der Waals surface area contributed by atoms with Crippen LogP contribution in [0.4, 0.5) is 0 Å². The van der Waals surface area contributed by atoms with Gasteiger partial charge in [-0.25, -0.2) is 0 Å². The Kier molecular flexibility index (Phi) is 3.21. The van der Waals surface area contributed by atoms with Crippen LogP contribution in [0, 0.1) is 0 Å². The van der Waals surface area contributed by atoms with E-state index in [2.05, 4.69) is 68.1 Å². The van der Waals surface area contributed by atoms with E-state index in [0.29, 0.717) is 5.92 Å². The Labute approximate surface area is 97.3 Å². The molecule has 2 rings (SSSR count). The van der Waals surface area contributed by atoms with Crippen LogP contribution in [0.1, 0.15) is 29.5 Å². The summed E-state index contributed by atoms with van der Waals surface area (Å²) in [6.45, 7) is 6.10. The topological polar surface area (TPSA) is 0 Å². The number of hydrogen-bond acceptors (Lipinski definition) is 0. The standard InChI is InChI=1S/C16H16/c1-3-14-9-7-8-12-16(14)13(2)15-10-5-4-6-11-15/h3-13H,1H2,2H3. The summed E-state index contributed by atoms with van der Waals surface area (Å²) in [5, 5.41) is 0. The fraction of sp³-hybridized carbons (Fsp3) is 0.125. The minimum Gasteiger partial charge on any atom is -0.0985 e. The van der Waals surface area contributed by atoms with Gasteiger partial charge in [0.2, 0.25) is 0 Å². The van der Waals surface area contributed by atoms with Crippen molar-refractivity contribution in [3.05, 3.63) is 77.9 Å². The van der Waals surface area contributed by atoms with Gasteiger partial charge in [-0.15, -0.1) is 0 Å². The third-order valence-electron chi connectivity index (χ3n) is 2.98. The van der Waals surface area contributed by atoms with Gasteiger partial charge in [0, 0.05) is 5.92 Å². The molecule has 1 atom stereocenters. The van der Waals surface area contributed by atoms with Crippen LogP contribution in [-0.2, 0) is 0 Å². The molecule has 0 aromatic heterocycles. The molecule has 0 radical (unpaired) electrons. The fourth-order valence-electron chi connectivity index (χ4n) is 2.01. The van der Waals surface area contributed by atoms with Gasteiger partial charge in [0.25, 0.3) is 0 Å². The third kappa shape index (κ3) is 2.06. The van der Waals surface area contributed by atoms with Gasteiger partial charge in [-0.1, -0.05) is 74.2 Å². The number of benzene rings is 2. The van der Waals surface area contributed by atoms with Gasteiger partial charge in [-0.05, 0) is 16.7 Å². The van der Waals surface area contributed by atoms with E-state index in [0.717, 1.165) is 0 Å². The Hall–Kier alpha value is -1.82. The Morgan fingerprint density at radius 3 is 2.25 bits per heavy atom. The molecule has 0 amide bonds. The fourth-order valence-corrected chi connectivity index (χ4v) is 2.01. The Balaban J connectivity index is 2.41. The summed E-state index contributed by atoms with van der Waals surface area (Å²) in [6, 6.07) is 19.0. The Morgan fingerprint density at radius 2 is 1.56 bits per heavy atom. The summed E-state index contributed by atoms with van der Waals surface area (Å²) in [7, 11) is 0. The van der Waals surface area contributed by atoms with Crippen LogP contribution in [0.3, 0.4) is 0 Å². The van der Waals surface area contributed by atoms with E-state index in [9.17, 15) is 0 Å². The smallest absolute Gasteiger partial charge is 0.00669 e. The number of hydrogen-bond donors (Lipinski definition) is 0. The molecule has 0 saturated heterocycles. The predicted octanol–water partition coefficient (Wildman–Crippen LogP) is 4.48. The lowest BCUT2D eigenvalue weighted by Gasteiger charge is -2.15. The maximum atomic E-state index is 3.87. The SMILES string of the molecule is C=Cc1ccccc1C(C)c1ccccc1. The summed E-state index contributed by atoms with van der Waals surface area (Å²) >= 11 is 0. The highest BCUT2D eigenvalue weighted by molar-refractivity contribution is 5.54. The highest BCUT2D eigenvalue weighted by Crippen LogP contribution is 2.27. The molecule has 0 heterocycles. The maximum Gasteiger partial charge on any atom is 0.00669 e. The van der Waals surface area contributed by atoms with E-state index in [-0.39, 0.29) is 0 Å². The molecule has 0 heteroatoms. The van der Waals surface area contributed by atoms with E-state index in [1.807, 2.05) is 6.08 Å². The second kappa shape index (κ2) is 4.80. The third-order valence-corrected chi connectivity index (χ3v) is 2.98. The van der Waals surface area contributed by atoms with E-state index in [1.54, 1.807) is 0 Å². The first-order chi connectivity index (χ1) is 7.83. The first-order valence-corrected chi connectivity index (χ1v) is 5.59. The monoisotopic (exact) mass is 208 g/mol. The first kappa shape index (κ1) is 10.7. The van der Waals surface area contributed by atoms with Crippen molar-refractivity contribution in [2.24, 2.45) is 0 Å². The molecule has 80 valence electrons. The van der Waals surface area contributed by atoms with Crippen molar-refractivity contribution in [2.45, 2.75) is 12.8 Å². The van der Waals surface area contributed by atoms with Gasteiger partial charge in [0.1, 0.15) is 0 Å². The van der Waals surface area contributed by atoms with Crippen molar-refractivity contribution in [2.75, 3.05) is 0 Å². The molecular formula is C16H16. The highest BCUT2D eigenvalue weighted by Gasteiger charge is 2.09. The van der Waals surface area contributed by atoms with Crippen LogP contribution >= 0.6 is 0 Å². The van der Waals surface area contributed by atoms with Crippen LogP contribution in [0.15, 0.2) is 61.2 Å². The highest BCUT2D eigenvalue weighted by atomic mass is 14.1. The summed E-state index contributed by atoms with van der Waals surface area (Å²) < 4.78 is 0. The van der Waals surface area contributed by atoms with Crippen LogP contribution in [0.2, 0.25) is 0 Å². The molecule has 16 heavy (non-hydrogen) atoms. The molecule has 0 saturated carbocycles. The summed E-state index contributed by atoms with van der Waals surface area (Å²) in [5.74, 6) is 0.412. The van der Waals surface area contributed by atoms with Gasteiger partial charge in [-0.2, -0.15) is 0 Å². The van der Waals surface area contributed by atoms with Crippen molar-refractivity contribution in [1.29, 1.82) is 0 Å². The quantitative estimate of drug-likeness (QED) is 0.697. The normalized spacial score (nSPS) is 12.1. The van der Waals surface area contributed by atoms with E-state index in [4.69, 9.17) is 0 Å². The van der Waals surface area contributed by atoms with E-state index < -0.39 is 0 Å². The first-order valence-electron chi connectivity index (χ1n) is 5.59. The van der Waals surface area contributed by atoms with Gasteiger partial charge in [0.15, 0.2) is 0 Å². The largest absolute Gasteiger partial charge is 0.0985 e. The molecule has 0 nitrogen and oxygen atoms in total. The molecule has 0 bridgehead atoms. The van der Waals surface area contributed by atoms with Gasteiger partial charge in [0.05, 0.1) is 0 Å². The minimum atomic E-state index is 0.412. The van der Waals surface area contributed by atoms with Gasteiger partial charge < -0.3 is 0 Å². The Morgan fingerprint density at radius 1 is 0.938 bits per heavy atom. The van der Waals surface area contributed by atoms with Gasteiger partial charge >= 0.3 is 0 Å². The molecule has 0 N–H and O–H groups in total. The molecule has 0 fully saturated rings. The minimum absolute atomic E-state index is 0.412. The zero-order valence-electron chi connectivity index (χ0n) is 9.56.